The average Bonchev–Trinajstić information content (AvgIpc) is 2.39. The maximum Gasteiger partial charge on any atom is 0.123 e. The molecule has 1 aromatic carbocycles. The second kappa shape index (κ2) is 7.01. The predicted octanol–water partition coefficient (Wildman–Crippen LogP) is 3.18. The molecule has 3 heteroatoms. The van der Waals surface area contributed by atoms with Gasteiger partial charge in [-0.3, -0.25) is 4.90 Å². The summed E-state index contributed by atoms with van der Waals surface area (Å²) in [6.45, 7) is 7.43. The third-order valence-corrected chi connectivity index (χ3v) is 3.87. The molecule has 2 rings (SSSR count). The van der Waals surface area contributed by atoms with Gasteiger partial charge in [-0.15, -0.1) is 0 Å². The van der Waals surface area contributed by atoms with E-state index < -0.39 is 0 Å². The minimum atomic E-state index is -0.142. The van der Waals surface area contributed by atoms with E-state index in [0.717, 1.165) is 25.2 Å². The van der Waals surface area contributed by atoms with Gasteiger partial charge in [0.2, 0.25) is 0 Å². The monoisotopic (exact) mass is 264 g/mol. The predicted molar refractivity (Wildman–Crippen MR) is 77.6 cm³/mol. The molecule has 19 heavy (non-hydrogen) atoms. The molecule has 1 unspecified atom stereocenters. The molecule has 106 valence electrons. The van der Waals surface area contributed by atoms with Crippen molar-refractivity contribution in [2.75, 3.05) is 13.1 Å². The Bertz CT molecular complexity index is 386. The van der Waals surface area contributed by atoms with Crippen LogP contribution in [0.5, 0.6) is 0 Å². The van der Waals surface area contributed by atoms with Crippen molar-refractivity contribution in [3.63, 3.8) is 0 Å². The summed E-state index contributed by atoms with van der Waals surface area (Å²) in [5, 5.41) is 3.59. The van der Waals surface area contributed by atoms with Crippen LogP contribution < -0.4 is 5.32 Å². The molecular weight excluding hydrogens is 239 g/mol. The van der Waals surface area contributed by atoms with Crippen molar-refractivity contribution in [3.8, 4) is 0 Å². The first-order valence-corrected chi connectivity index (χ1v) is 7.37. The number of hydrogen-bond donors (Lipinski definition) is 1. The summed E-state index contributed by atoms with van der Waals surface area (Å²) in [6, 6.07) is 8.02. The number of benzene rings is 1. The van der Waals surface area contributed by atoms with E-state index in [0.29, 0.717) is 12.1 Å². The Morgan fingerprint density at radius 2 is 2.21 bits per heavy atom. The topological polar surface area (TPSA) is 15.3 Å². The highest BCUT2D eigenvalue weighted by molar-refractivity contribution is 5.16. The summed E-state index contributed by atoms with van der Waals surface area (Å²) in [4.78, 5) is 2.43. The van der Waals surface area contributed by atoms with E-state index in [1.54, 1.807) is 12.1 Å². The molecule has 0 amide bonds. The normalized spacial score (nSPS) is 20.2. The second-order valence-electron chi connectivity index (χ2n) is 5.80. The van der Waals surface area contributed by atoms with Crippen molar-refractivity contribution < 1.29 is 4.39 Å². The molecule has 0 bridgehead atoms. The average molecular weight is 264 g/mol. The van der Waals surface area contributed by atoms with Crippen molar-refractivity contribution in [1.82, 2.24) is 10.2 Å². The van der Waals surface area contributed by atoms with E-state index in [-0.39, 0.29) is 5.82 Å². The van der Waals surface area contributed by atoms with Gasteiger partial charge in [0.1, 0.15) is 5.82 Å². The molecule has 1 heterocycles. The molecule has 1 aromatic rings. The molecule has 1 atom stereocenters. The molecular formula is C16H25FN2. The first-order valence-electron chi connectivity index (χ1n) is 7.37. The molecule has 2 nitrogen and oxygen atoms in total. The third kappa shape index (κ3) is 4.59. The highest BCUT2D eigenvalue weighted by atomic mass is 19.1. The quantitative estimate of drug-likeness (QED) is 0.878. The molecule has 1 fully saturated rings. The van der Waals surface area contributed by atoms with Gasteiger partial charge >= 0.3 is 0 Å². The lowest BCUT2D eigenvalue weighted by atomic mass is 10.0. The third-order valence-electron chi connectivity index (χ3n) is 3.87. The van der Waals surface area contributed by atoms with Crippen LogP contribution in [0.25, 0.3) is 0 Å². The Kier molecular flexibility index (Phi) is 5.34. The van der Waals surface area contributed by atoms with Gasteiger partial charge in [0.05, 0.1) is 0 Å². The number of halogens is 1. The molecule has 1 N–H and O–H groups in total. The fourth-order valence-corrected chi connectivity index (χ4v) is 2.69. The highest BCUT2D eigenvalue weighted by Crippen LogP contribution is 2.14. The van der Waals surface area contributed by atoms with Gasteiger partial charge in [-0.1, -0.05) is 18.6 Å². The Morgan fingerprint density at radius 1 is 1.37 bits per heavy atom. The zero-order valence-electron chi connectivity index (χ0n) is 12.0. The molecule has 1 aliphatic heterocycles. The molecule has 1 aliphatic rings. The Labute approximate surface area is 116 Å². The van der Waals surface area contributed by atoms with Gasteiger partial charge in [0, 0.05) is 25.2 Å². The number of hydrogen-bond acceptors (Lipinski definition) is 2. The number of nitrogens with zero attached hydrogens (tertiary/aromatic N) is 1. The van der Waals surface area contributed by atoms with Crippen molar-refractivity contribution in [2.45, 2.75) is 51.7 Å². The molecule has 0 saturated carbocycles. The van der Waals surface area contributed by atoms with Crippen LogP contribution in [0.3, 0.4) is 0 Å². The smallest absolute Gasteiger partial charge is 0.123 e. The van der Waals surface area contributed by atoms with Crippen molar-refractivity contribution in [2.24, 2.45) is 0 Å². The van der Waals surface area contributed by atoms with Gasteiger partial charge in [0.15, 0.2) is 0 Å². The summed E-state index contributed by atoms with van der Waals surface area (Å²) >= 11 is 0. The zero-order chi connectivity index (χ0) is 13.7. The maximum atomic E-state index is 13.2. The van der Waals surface area contributed by atoms with E-state index in [2.05, 4.69) is 24.1 Å². The van der Waals surface area contributed by atoms with Crippen LogP contribution in [-0.4, -0.2) is 30.1 Å². The maximum absolute atomic E-state index is 13.2. The van der Waals surface area contributed by atoms with Crippen LogP contribution in [0.1, 0.15) is 38.7 Å². The second-order valence-corrected chi connectivity index (χ2v) is 5.80. The standard InChI is InChI=1S/C16H25FN2/c1-13(2)19(12-16-8-3-4-9-18-16)11-14-6-5-7-15(17)10-14/h5-7,10,13,16,18H,3-4,8-9,11-12H2,1-2H3. The van der Waals surface area contributed by atoms with Crippen LogP contribution in [0.4, 0.5) is 4.39 Å². The Hall–Kier alpha value is -0.930. The summed E-state index contributed by atoms with van der Waals surface area (Å²) < 4.78 is 13.2. The minimum Gasteiger partial charge on any atom is -0.313 e. The van der Waals surface area contributed by atoms with Crippen LogP contribution >= 0.6 is 0 Å². The van der Waals surface area contributed by atoms with Crippen LogP contribution in [-0.2, 0) is 6.54 Å². The highest BCUT2D eigenvalue weighted by Gasteiger charge is 2.18. The number of piperidine rings is 1. The Balaban J connectivity index is 1.95. The molecule has 0 aliphatic carbocycles. The summed E-state index contributed by atoms with van der Waals surface area (Å²) in [6.07, 6.45) is 3.87. The van der Waals surface area contributed by atoms with E-state index in [1.165, 1.54) is 25.3 Å². The van der Waals surface area contributed by atoms with Gasteiger partial charge in [-0.2, -0.15) is 0 Å². The van der Waals surface area contributed by atoms with Gasteiger partial charge in [-0.25, -0.2) is 4.39 Å². The van der Waals surface area contributed by atoms with E-state index in [9.17, 15) is 4.39 Å². The van der Waals surface area contributed by atoms with Crippen LogP contribution in [0.2, 0.25) is 0 Å². The lowest BCUT2D eigenvalue weighted by molar-refractivity contribution is 0.177. The van der Waals surface area contributed by atoms with Gasteiger partial charge < -0.3 is 5.32 Å². The molecule has 0 radical (unpaired) electrons. The lowest BCUT2D eigenvalue weighted by Crippen LogP contribution is -2.45. The Morgan fingerprint density at radius 3 is 2.84 bits per heavy atom. The van der Waals surface area contributed by atoms with E-state index >= 15 is 0 Å². The van der Waals surface area contributed by atoms with Crippen molar-refractivity contribution >= 4 is 0 Å². The van der Waals surface area contributed by atoms with Gasteiger partial charge in [-0.05, 0) is 50.9 Å². The first kappa shape index (κ1) is 14.5. The summed E-state index contributed by atoms with van der Waals surface area (Å²) in [5.41, 5.74) is 1.06. The van der Waals surface area contributed by atoms with E-state index in [4.69, 9.17) is 0 Å². The SMILES string of the molecule is CC(C)N(Cc1cccc(F)c1)CC1CCCCN1. The fraction of sp³-hybridized carbons (Fsp3) is 0.625. The number of nitrogens with one attached hydrogen (secondary N) is 1. The largest absolute Gasteiger partial charge is 0.313 e. The number of rotatable bonds is 5. The minimum absolute atomic E-state index is 0.142. The summed E-state index contributed by atoms with van der Waals surface area (Å²) in [7, 11) is 0. The van der Waals surface area contributed by atoms with Crippen molar-refractivity contribution in [3.05, 3.63) is 35.6 Å². The van der Waals surface area contributed by atoms with Crippen LogP contribution in [0.15, 0.2) is 24.3 Å². The van der Waals surface area contributed by atoms with Crippen LogP contribution in [0, 0.1) is 5.82 Å². The summed E-state index contributed by atoms with van der Waals surface area (Å²) in [5.74, 6) is -0.142. The molecule has 0 aromatic heterocycles. The van der Waals surface area contributed by atoms with Crippen molar-refractivity contribution in [1.29, 1.82) is 0 Å². The lowest BCUT2D eigenvalue weighted by Gasteiger charge is -2.33. The first-order chi connectivity index (χ1) is 9.15. The molecule has 1 saturated heterocycles. The fourth-order valence-electron chi connectivity index (χ4n) is 2.69. The van der Waals surface area contributed by atoms with Gasteiger partial charge in [0.25, 0.3) is 0 Å². The molecule has 0 spiro atoms. The van der Waals surface area contributed by atoms with E-state index in [1.807, 2.05) is 6.07 Å². The zero-order valence-corrected chi connectivity index (χ0v) is 12.0.